The number of rotatable bonds is 4. The molecule has 176 valence electrons. The molecule has 0 amide bonds. The third-order valence-electron chi connectivity index (χ3n) is 5.29. The fourth-order valence-corrected chi connectivity index (χ4v) is 3.62. The van der Waals surface area contributed by atoms with Crippen molar-refractivity contribution in [3.05, 3.63) is 59.1 Å². The number of fused-ring (bicyclic) bond motifs is 1. The van der Waals surface area contributed by atoms with E-state index < -0.39 is 29.5 Å². The summed E-state index contributed by atoms with van der Waals surface area (Å²) in [4.78, 5) is 4.40. The van der Waals surface area contributed by atoms with Crippen LogP contribution in [-0.2, 0) is 12.4 Å². The zero-order valence-corrected chi connectivity index (χ0v) is 17.3. The molecule has 0 fully saturated rings. The molecule has 0 unspecified atom stereocenters. The Balaban J connectivity index is 1.76. The van der Waals surface area contributed by atoms with Crippen molar-refractivity contribution in [2.24, 2.45) is 0 Å². The predicted octanol–water partition coefficient (Wildman–Crippen LogP) is 4.90. The van der Waals surface area contributed by atoms with Crippen LogP contribution >= 0.6 is 0 Å². The van der Waals surface area contributed by atoms with Crippen LogP contribution in [0.1, 0.15) is 41.9 Å². The second kappa shape index (κ2) is 8.25. The highest BCUT2D eigenvalue weighted by Crippen LogP contribution is 2.36. The fraction of sp³-hybridized carbons (Fsp3) is 0.333. The normalized spacial score (nSPS) is 16.0. The van der Waals surface area contributed by atoms with E-state index in [1.165, 1.54) is 13.0 Å². The molecular weight excluding hydrogens is 450 g/mol. The first-order chi connectivity index (χ1) is 15.4. The number of halogens is 6. The van der Waals surface area contributed by atoms with Gasteiger partial charge in [0.25, 0.3) is 0 Å². The molecule has 3 aromatic rings. The molecule has 0 saturated heterocycles. The number of nitrogens with two attached hydrogens (primary N) is 1. The number of nitrogens with zero attached hydrogens (tertiary/aromatic N) is 3. The second-order valence-corrected chi connectivity index (χ2v) is 7.78. The molecule has 1 aliphatic heterocycles. The Kier molecular flexibility index (Phi) is 5.72. The van der Waals surface area contributed by atoms with E-state index in [0.717, 1.165) is 34.5 Å². The topological polar surface area (TPSA) is 80.3 Å². The maximum absolute atomic E-state index is 13.5. The van der Waals surface area contributed by atoms with Crippen molar-refractivity contribution in [3.8, 4) is 0 Å². The van der Waals surface area contributed by atoms with Crippen molar-refractivity contribution in [3.63, 3.8) is 0 Å². The molecule has 0 radical (unpaired) electrons. The van der Waals surface area contributed by atoms with Gasteiger partial charge >= 0.3 is 12.4 Å². The van der Waals surface area contributed by atoms with Gasteiger partial charge in [0.05, 0.1) is 16.8 Å². The second-order valence-electron chi connectivity index (χ2n) is 7.78. The molecule has 4 rings (SSSR count). The molecule has 1 aromatic carbocycles. The van der Waals surface area contributed by atoms with Gasteiger partial charge in [-0.15, -0.1) is 5.10 Å². The summed E-state index contributed by atoms with van der Waals surface area (Å²) in [5.74, 6) is 0.301. The molecular formula is C21H20F6N6. The average Bonchev–Trinajstić information content (AvgIpc) is 3.17. The SMILES string of the molecule is C[C@@H](Nc1cc(C(F)(F)F)cn2nc(C3=CCNCC3)nc12)c1cc(N)cc(C(F)(F)F)c1. The zero-order valence-electron chi connectivity index (χ0n) is 17.3. The third-order valence-corrected chi connectivity index (χ3v) is 5.29. The van der Waals surface area contributed by atoms with Crippen molar-refractivity contribution < 1.29 is 26.3 Å². The summed E-state index contributed by atoms with van der Waals surface area (Å²) in [6.45, 7) is 2.81. The Morgan fingerprint density at radius 1 is 1.06 bits per heavy atom. The summed E-state index contributed by atoms with van der Waals surface area (Å²) >= 11 is 0. The van der Waals surface area contributed by atoms with Crippen LogP contribution in [0.3, 0.4) is 0 Å². The van der Waals surface area contributed by atoms with Crippen LogP contribution in [0.2, 0.25) is 0 Å². The van der Waals surface area contributed by atoms with Crippen LogP contribution in [-0.4, -0.2) is 27.7 Å². The number of nitrogens with one attached hydrogen (secondary N) is 2. The van der Waals surface area contributed by atoms with E-state index in [0.29, 0.717) is 25.3 Å². The number of pyridine rings is 1. The van der Waals surface area contributed by atoms with Gasteiger partial charge in [0.2, 0.25) is 0 Å². The third kappa shape index (κ3) is 4.90. The van der Waals surface area contributed by atoms with Gasteiger partial charge in [0.15, 0.2) is 11.5 Å². The van der Waals surface area contributed by atoms with Crippen molar-refractivity contribution >= 4 is 22.6 Å². The van der Waals surface area contributed by atoms with E-state index in [4.69, 9.17) is 5.73 Å². The standard InChI is InChI=1S/C21H20F6N6/c1-11(13-6-14(20(22,23)24)8-16(28)7-13)30-17-9-15(21(25,26)27)10-33-19(17)31-18(32-33)12-2-4-29-5-3-12/h2,6-11,29-30H,3-5,28H2,1H3/t11-/m1/s1. The van der Waals surface area contributed by atoms with Crippen LogP contribution < -0.4 is 16.4 Å². The molecule has 0 aliphatic carbocycles. The van der Waals surface area contributed by atoms with Gasteiger partial charge in [-0.25, -0.2) is 9.50 Å². The lowest BCUT2D eigenvalue weighted by atomic mass is 10.0. The Bertz CT molecular complexity index is 1210. The minimum atomic E-state index is -4.66. The summed E-state index contributed by atoms with van der Waals surface area (Å²) < 4.78 is 81.1. The molecule has 12 heteroatoms. The summed E-state index contributed by atoms with van der Waals surface area (Å²) in [6.07, 6.45) is -5.95. The quantitative estimate of drug-likeness (QED) is 0.374. The van der Waals surface area contributed by atoms with Gasteiger partial charge in [-0.05, 0) is 55.3 Å². The molecule has 6 nitrogen and oxygen atoms in total. The van der Waals surface area contributed by atoms with Crippen LogP contribution in [0.25, 0.3) is 11.2 Å². The fourth-order valence-electron chi connectivity index (χ4n) is 3.62. The smallest absolute Gasteiger partial charge is 0.399 e. The molecule has 1 aliphatic rings. The summed E-state index contributed by atoms with van der Waals surface area (Å²) in [7, 11) is 0. The number of aromatic nitrogens is 3. The molecule has 0 bridgehead atoms. The van der Waals surface area contributed by atoms with Crippen LogP contribution in [0, 0.1) is 0 Å². The Hall–Kier alpha value is -3.28. The molecule has 33 heavy (non-hydrogen) atoms. The van der Waals surface area contributed by atoms with Gasteiger partial charge in [-0.2, -0.15) is 26.3 Å². The van der Waals surface area contributed by atoms with Gasteiger partial charge in [0, 0.05) is 24.5 Å². The van der Waals surface area contributed by atoms with Crippen LogP contribution in [0.5, 0.6) is 0 Å². The highest BCUT2D eigenvalue weighted by Gasteiger charge is 2.33. The van der Waals surface area contributed by atoms with E-state index in [2.05, 4.69) is 20.7 Å². The van der Waals surface area contributed by atoms with E-state index in [-0.39, 0.29) is 22.6 Å². The van der Waals surface area contributed by atoms with Crippen LogP contribution in [0.15, 0.2) is 36.5 Å². The number of hydrogen-bond acceptors (Lipinski definition) is 5. The van der Waals surface area contributed by atoms with Gasteiger partial charge in [-0.3, -0.25) is 0 Å². The lowest BCUT2D eigenvalue weighted by molar-refractivity contribution is -0.138. The first-order valence-electron chi connectivity index (χ1n) is 10.0. The number of alkyl halides is 6. The van der Waals surface area contributed by atoms with Crippen molar-refractivity contribution in [2.45, 2.75) is 31.7 Å². The minimum absolute atomic E-state index is 0.0124. The van der Waals surface area contributed by atoms with E-state index in [1.807, 2.05) is 6.08 Å². The largest absolute Gasteiger partial charge is 0.417 e. The minimum Gasteiger partial charge on any atom is -0.399 e. The summed E-state index contributed by atoms with van der Waals surface area (Å²) in [5.41, 5.74) is 4.70. The first kappa shape index (κ1) is 22.9. The number of anilines is 2. The monoisotopic (exact) mass is 470 g/mol. The number of hydrogen-bond donors (Lipinski definition) is 3. The molecule has 3 heterocycles. The Labute approximate surface area is 184 Å². The molecule has 1 atom stereocenters. The molecule has 2 aromatic heterocycles. The summed E-state index contributed by atoms with van der Waals surface area (Å²) in [6, 6.07) is 3.12. The molecule has 0 spiro atoms. The van der Waals surface area contributed by atoms with Crippen molar-refractivity contribution in [1.29, 1.82) is 0 Å². The Morgan fingerprint density at radius 3 is 2.42 bits per heavy atom. The van der Waals surface area contributed by atoms with Crippen LogP contribution in [0.4, 0.5) is 37.7 Å². The summed E-state index contributed by atoms with van der Waals surface area (Å²) in [5, 5.41) is 10.2. The average molecular weight is 470 g/mol. The molecule has 4 N–H and O–H groups in total. The maximum atomic E-state index is 13.5. The van der Waals surface area contributed by atoms with E-state index in [9.17, 15) is 26.3 Å². The van der Waals surface area contributed by atoms with Gasteiger partial charge in [0.1, 0.15) is 0 Å². The Morgan fingerprint density at radius 2 is 1.79 bits per heavy atom. The van der Waals surface area contributed by atoms with Crippen molar-refractivity contribution in [2.75, 3.05) is 24.1 Å². The number of nitrogen functional groups attached to an aromatic ring is 1. The lowest BCUT2D eigenvalue weighted by Gasteiger charge is -2.19. The highest BCUT2D eigenvalue weighted by atomic mass is 19.4. The zero-order chi connectivity index (χ0) is 24.0. The lowest BCUT2D eigenvalue weighted by Crippen LogP contribution is -2.20. The van der Waals surface area contributed by atoms with E-state index in [1.54, 1.807) is 0 Å². The highest BCUT2D eigenvalue weighted by molar-refractivity contribution is 5.72. The predicted molar refractivity (Wildman–Crippen MR) is 111 cm³/mol. The maximum Gasteiger partial charge on any atom is 0.417 e. The van der Waals surface area contributed by atoms with Gasteiger partial charge in [-0.1, -0.05) is 6.08 Å². The van der Waals surface area contributed by atoms with Gasteiger partial charge < -0.3 is 16.4 Å². The number of benzene rings is 1. The first-order valence-corrected chi connectivity index (χ1v) is 10.0. The van der Waals surface area contributed by atoms with E-state index >= 15 is 0 Å². The molecule has 0 saturated carbocycles. The van der Waals surface area contributed by atoms with Crippen molar-refractivity contribution in [1.82, 2.24) is 19.9 Å².